The van der Waals surface area contributed by atoms with Crippen molar-refractivity contribution in [2.45, 2.75) is 25.8 Å². The topological polar surface area (TPSA) is 73.5 Å². The lowest BCUT2D eigenvalue weighted by molar-refractivity contribution is -0.137. The van der Waals surface area contributed by atoms with Gasteiger partial charge in [-0.3, -0.25) is 4.79 Å². The Morgan fingerprint density at radius 2 is 1.96 bits per heavy atom. The number of amides is 1. The Bertz CT molecular complexity index is 961. The Balaban J connectivity index is 1.49. The number of carbonyl (C=O) groups excluding carboxylic acids is 1. The van der Waals surface area contributed by atoms with E-state index in [-0.39, 0.29) is 11.8 Å². The summed E-state index contributed by atoms with van der Waals surface area (Å²) in [6.45, 7) is 2.13. The van der Waals surface area contributed by atoms with E-state index < -0.39 is 10.0 Å². The number of benzene rings is 1. The van der Waals surface area contributed by atoms with Gasteiger partial charge in [-0.1, -0.05) is 11.6 Å². The van der Waals surface area contributed by atoms with Crippen molar-refractivity contribution in [2.75, 3.05) is 25.9 Å². The fourth-order valence-corrected chi connectivity index (χ4v) is 5.11. The Morgan fingerprint density at radius 1 is 1.23 bits per heavy atom. The van der Waals surface area contributed by atoms with Crippen LogP contribution in [-0.2, 0) is 27.8 Å². The molecule has 6 nitrogen and oxygen atoms in total. The van der Waals surface area contributed by atoms with Crippen molar-refractivity contribution in [1.82, 2.24) is 14.2 Å². The average Bonchev–Trinajstić information content (AvgIpc) is 2.97. The summed E-state index contributed by atoms with van der Waals surface area (Å²) < 4.78 is 24.7. The highest BCUT2D eigenvalue weighted by Gasteiger charge is 2.33. The number of nitrogens with one attached hydrogen (secondary N) is 1. The molecule has 26 heavy (non-hydrogen) atoms. The number of carbonyl (C=O) groups is 1. The Morgan fingerprint density at radius 3 is 2.65 bits per heavy atom. The van der Waals surface area contributed by atoms with E-state index in [2.05, 4.69) is 4.98 Å². The molecular formula is C18H22ClN3O3S. The number of hydrogen-bond donors (Lipinski definition) is 1. The number of fused-ring (bicyclic) bond motifs is 3. The minimum absolute atomic E-state index is 0.0941. The maximum Gasteiger partial charge on any atom is 0.226 e. The molecule has 0 aliphatic carbocycles. The molecule has 0 spiro atoms. The Kier molecular flexibility index (Phi) is 4.49. The molecule has 1 amide bonds. The van der Waals surface area contributed by atoms with Crippen molar-refractivity contribution >= 4 is 38.4 Å². The smallest absolute Gasteiger partial charge is 0.226 e. The van der Waals surface area contributed by atoms with E-state index in [9.17, 15) is 13.2 Å². The van der Waals surface area contributed by atoms with E-state index in [0.29, 0.717) is 44.0 Å². The summed E-state index contributed by atoms with van der Waals surface area (Å²) in [4.78, 5) is 18.3. The lowest BCUT2D eigenvalue weighted by Crippen LogP contribution is -2.45. The molecule has 3 heterocycles. The molecule has 0 atom stereocenters. The average molecular weight is 396 g/mol. The Hall–Kier alpha value is -1.57. The van der Waals surface area contributed by atoms with Crippen LogP contribution in [0.2, 0.25) is 5.02 Å². The van der Waals surface area contributed by atoms with Gasteiger partial charge in [0.1, 0.15) is 0 Å². The van der Waals surface area contributed by atoms with Gasteiger partial charge in [0.15, 0.2) is 0 Å². The van der Waals surface area contributed by atoms with Gasteiger partial charge in [0.05, 0.1) is 6.26 Å². The monoisotopic (exact) mass is 395 g/mol. The summed E-state index contributed by atoms with van der Waals surface area (Å²) in [6, 6.07) is 5.79. The molecule has 4 rings (SSSR count). The number of halogens is 1. The van der Waals surface area contributed by atoms with E-state index in [1.54, 1.807) is 0 Å². The zero-order valence-electron chi connectivity index (χ0n) is 14.7. The van der Waals surface area contributed by atoms with Gasteiger partial charge >= 0.3 is 0 Å². The molecule has 8 heteroatoms. The molecule has 0 unspecified atom stereocenters. The third kappa shape index (κ3) is 3.23. The van der Waals surface area contributed by atoms with E-state index in [4.69, 9.17) is 11.6 Å². The number of piperidine rings is 1. The number of hydrogen-bond acceptors (Lipinski definition) is 3. The predicted octanol–water partition coefficient (Wildman–Crippen LogP) is 2.38. The second kappa shape index (κ2) is 6.55. The fourth-order valence-electron chi connectivity index (χ4n) is 4.07. The van der Waals surface area contributed by atoms with Crippen LogP contribution in [0.1, 0.15) is 24.1 Å². The Labute approximate surface area is 158 Å². The molecule has 1 fully saturated rings. The summed E-state index contributed by atoms with van der Waals surface area (Å²) in [5.74, 6) is 0.0449. The molecule has 0 radical (unpaired) electrons. The SMILES string of the molecule is CS(=O)(=O)N1CCC(C(=O)N2CCc3[nH]c4ccc(Cl)cc4c3C2)CC1. The van der Waals surface area contributed by atoms with Gasteiger partial charge in [-0.25, -0.2) is 12.7 Å². The third-order valence-corrected chi connectivity index (χ3v) is 7.06. The molecule has 0 saturated carbocycles. The predicted molar refractivity (Wildman–Crippen MR) is 102 cm³/mol. The first-order valence-corrected chi connectivity index (χ1v) is 11.1. The van der Waals surface area contributed by atoms with Crippen molar-refractivity contribution in [3.8, 4) is 0 Å². The standard InChI is InChI=1S/C18H22ClN3O3S/c1-26(24,25)22-8-4-12(5-9-22)18(23)21-7-6-17-15(11-21)14-10-13(19)2-3-16(14)20-17/h2-3,10,12,20H,4-9,11H2,1H3. The first-order valence-electron chi connectivity index (χ1n) is 8.86. The van der Waals surface area contributed by atoms with Crippen LogP contribution >= 0.6 is 11.6 Å². The minimum Gasteiger partial charge on any atom is -0.358 e. The van der Waals surface area contributed by atoms with Crippen molar-refractivity contribution in [3.05, 3.63) is 34.5 Å². The van der Waals surface area contributed by atoms with Gasteiger partial charge < -0.3 is 9.88 Å². The first kappa shape index (κ1) is 17.8. The normalized spacial score (nSPS) is 19.7. The van der Waals surface area contributed by atoms with Crippen LogP contribution in [0, 0.1) is 5.92 Å². The van der Waals surface area contributed by atoms with E-state index in [1.807, 2.05) is 23.1 Å². The van der Waals surface area contributed by atoms with Crippen molar-refractivity contribution < 1.29 is 13.2 Å². The zero-order valence-corrected chi connectivity index (χ0v) is 16.2. The molecule has 1 saturated heterocycles. The maximum atomic E-state index is 13.0. The number of aromatic nitrogens is 1. The molecule has 2 aliphatic heterocycles. The lowest BCUT2D eigenvalue weighted by Gasteiger charge is -2.34. The van der Waals surface area contributed by atoms with Gasteiger partial charge in [-0.15, -0.1) is 0 Å². The van der Waals surface area contributed by atoms with Crippen molar-refractivity contribution in [3.63, 3.8) is 0 Å². The molecular weight excluding hydrogens is 374 g/mol. The van der Waals surface area contributed by atoms with Crippen molar-refractivity contribution in [1.29, 1.82) is 0 Å². The summed E-state index contributed by atoms with van der Waals surface area (Å²) in [5, 5.41) is 1.77. The summed E-state index contributed by atoms with van der Waals surface area (Å²) in [7, 11) is -3.17. The minimum atomic E-state index is -3.17. The highest BCUT2D eigenvalue weighted by molar-refractivity contribution is 7.88. The highest BCUT2D eigenvalue weighted by atomic mass is 35.5. The second-order valence-corrected chi connectivity index (χ2v) is 9.64. The molecule has 1 aromatic heterocycles. The van der Waals surface area contributed by atoms with Gasteiger partial charge in [-0.2, -0.15) is 0 Å². The largest absolute Gasteiger partial charge is 0.358 e. The van der Waals surface area contributed by atoms with Gasteiger partial charge in [0.25, 0.3) is 0 Å². The second-order valence-electron chi connectivity index (χ2n) is 7.22. The van der Waals surface area contributed by atoms with E-state index in [1.165, 1.54) is 16.3 Å². The van der Waals surface area contributed by atoms with Crippen LogP contribution in [0.4, 0.5) is 0 Å². The summed E-state index contributed by atoms with van der Waals surface area (Å²) in [5.41, 5.74) is 3.38. The summed E-state index contributed by atoms with van der Waals surface area (Å²) >= 11 is 6.14. The maximum absolute atomic E-state index is 13.0. The molecule has 1 aromatic carbocycles. The molecule has 2 aromatic rings. The quantitative estimate of drug-likeness (QED) is 0.848. The van der Waals surface area contributed by atoms with Gasteiger partial charge in [0.2, 0.25) is 15.9 Å². The zero-order chi connectivity index (χ0) is 18.5. The van der Waals surface area contributed by atoms with Crippen molar-refractivity contribution in [2.24, 2.45) is 5.92 Å². The molecule has 0 bridgehead atoms. The number of sulfonamides is 1. The molecule has 2 aliphatic rings. The summed E-state index contributed by atoms with van der Waals surface area (Å²) in [6.07, 6.45) is 3.21. The number of aromatic amines is 1. The van der Waals surface area contributed by atoms with Gasteiger partial charge in [0, 0.05) is 65.7 Å². The number of H-pyrrole nitrogens is 1. The van der Waals surface area contributed by atoms with E-state index in [0.717, 1.165) is 22.9 Å². The van der Waals surface area contributed by atoms with Crippen LogP contribution in [0.15, 0.2) is 18.2 Å². The lowest BCUT2D eigenvalue weighted by atomic mass is 9.95. The highest BCUT2D eigenvalue weighted by Crippen LogP contribution is 2.31. The fraction of sp³-hybridized carbons (Fsp3) is 0.500. The van der Waals surface area contributed by atoms with Crippen LogP contribution in [-0.4, -0.2) is 54.4 Å². The van der Waals surface area contributed by atoms with Crippen LogP contribution in [0.5, 0.6) is 0 Å². The molecule has 1 N–H and O–H groups in total. The van der Waals surface area contributed by atoms with Crippen LogP contribution < -0.4 is 0 Å². The molecule has 140 valence electrons. The van der Waals surface area contributed by atoms with Gasteiger partial charge in [-0.05, 0) is 31.0 Å². The van der Waals surface area contributed by atoms with E-state index >= 15 is 0 Å². The number of rotatable bonds is 2. The first-order chi connectivity index (χ1) is 12.3. The van der Waals surface area contributed by atoms with Crippen LogP contribution in [0.25, 0.3) is 10.9 Å². The van der Waals surface area contributed by atoms with Crippen LogP contribution in [0.3, 0.4) is 0 Å². The third-order valence-electron chi connectivity index (χ3n) is 5.52. The number of nitrogens with zero attached hydrogens (tertiary/aromatic N) is 2.